The number of hydrogen-bond acceptors (Lipinski definition) is 5. The molecule has 2 heterocycles. The minimum atomic E-state index is -0.978. The number of rotatable bonds is 8. The second-order valence-electron chi connectivity index (χ2n) is 9.25. The van der Waals surface area contributed by atoms with Crippen molar-refractivity contribution in [3.8, 4) is 0 Å². The van der Waals surface area contributed by atoms with Crippen LogP contribution in [0.1, 0.15) is 38.9 Å². The molecule has 1 aliphatic heterocycles. The van der Waals surface area contributed by atoms with Gasteiger partial charge < -0.3 is 19.8 Å². The molecule has 0 spiro atoms. The zero-order valence-electron chi connectivity index (χ0n) is 21.1. The average Bonchev–Trinajstić information content (AvgIpc) is 3.56. The minimum Gasteiger partial charge on any atom is -0.467 e. The number of carbonyl (C=O) groups is 3. The first kappa shape index (κ1) is 26.1. The number of amides is 3. The van der Waals surface area contributed by atoms with Gasteiger partial charge in [0, 0.05) is 16.3 Å². The van der Waals surface area contributed by atoms with E-state index in [1.807, 2.05) is 25.1 Å². The van der Waals surface area contributed by atoms with E-state index in [1.54, 1.807) is 66.7 Å². The molecule has 198 valence electrons. The lowest BCUT2D eigenvalue weighted by Gasteiger charge is -2.24. The minimum absolute atomic E-state index is 0.124. The zero-order valence-corrected chi connectivity index (χ0v) is 21.9. The molecule has 0 unspecified atom stereocenters. The third kappa shape index (κ3) is 6.13. The number of aryl methyl sites for hydroxylation is 1. The first-order chi connectivity index (χ1) is 18.9. The smallest absolute Gasteiger partial charge is 0.411 e. The predicted octanol–water partition coefficient (Wildman–Crippen LogP) is 5.87. The van der Waals surface area contributed by atoms with Gasteiger partial charge in [-0.25, -0.2) is 4.79 Å². The summed E-state index contributed by atoms with van der Waals surface area (Å²) in [5.74, 6) is -0.0968. The number of ether oxygens (including phenoxy) is 1. The summed E-state index contributed by atoms with van der Waals surface area (Å²) in [6.45, 7) is 2.19. The van der Waals surface area contributed by atoms with Crippen LogP contribution in [0.15, 0.2) is 95.6 Å². The SMILES string of the molecule is Cc1cccc(C(=O)Nc2cccc([C@H]3OC(=O)N(Cc4cccc(Cl)c4)[C@@H]3C(=O)NCc3ccco3)c2)c1. The average molecular weight is 544 g/mol. The van der Waals surface area contributed by atoms with Gasteiger partial charge in [-0.3, -0.25) is 14.5 Å². The maximum atomic E-state index is 13.5. The van der Waals surface area contributed by atoms with E-state index >= 15 is 0 Å². The number of nitrogens with zero attached hydrogens (tertiary/aromatic N) is 1. The summed E-state index contributed by atoms with van der Waals surface area (Å²) in [6.07, 6.45) is -0.0227. The van der Waals surface area contributed by atoms with Crippen LogP contribution in [0, 0.1) is 6.92 Å². The van der Waals surface area contributed by atoms with Crippen LogP contribution in [-0.2, 0) is 22.6 Å². The monoisotopic (exact) mass is 543 g/mol. The second kappa shape index (κ2) is 11.4. The highest BCUT2D eigenvalue weighted by atomic mass is 35.5. The molecule has 3 aromatic carbocycles. The maximum Gasteiger partial charge on any atom is 0.411 e. The summed E-state index contributed by atoms with van der Waals surface area (Å²) in [5.41, 5.74) is 3.33. The van der Waals surface area contributed by atoms with Gasteiger partial charge in [-0.05, 0) is 66.6 Å². The Morgan fingerprint density at radius 2 is 1.79 bits per heavy atom. The third-order valence-electron chi connectivity index (χ3n) is 6.37. The van der Waals surface area contributed by atoms with Crippen LogP contribution in [-0.4, -0.2) is 28.8 Å². The first-order valence-corrected chi connectivity index (χ1v) is 12.7. The second-order valence-corrected chi connectivity index (χ2v) is 9.69. The summed E-state index contributed by atoms with van der Waals surface area (Å²) in [5, 5.41) is 6.25. The Bertz CT molecular complexity index is 1500. The van der Waals surface area contributed by atoms with E-state index in [1.165, 1.54) is 11.2 Å². The number of nitrogens with one attached hydrogen (secondary N) is 2. The molecular formula is C30H26ClN3O5. The summed E-state index contributed by atoms with van der Waals surface area (Å²) in [6, 6.07) is 23.8. The highest BCUT2D eigenvalue weighted by Gasteiger charge is 2.47. The Morgan fingerprint density at radius 1 is 0.974 bits per heavy atom. The van der Waals surface area contributed by atoms with E-state index in [4.69, 9.17) is 20.8 Å². The molecular weight excluding hydrogens is 518 g/mol. The van der Waals surface area contributed by atoms with Gasteiger partial charge in [0.05, 0.1) is 19.4 Å². The molecule has 4 aromatic rings. The number of furan rings is 1. The lowest BCUT2D eigenvalue weighted by molar-refractivity contribution is -0.126. The Morgan fingerprint density at radius 3 is 2.56 bits per heavy atom. The fraction of sp³-hybridized carbons (Fsp3) is 0.167. The molecule has 2 atom stereocenters. The van der Waals surface area contributed by atoms with Crippen molar-refractivity contribution in [3.63, 3.8) is 0 Å². The Hall–Kier alpha value is -4.56. The van der Waals surface area contributed by atoms with Crippen LogP contribution in [0.5, 0.6) is 0 Å². The number of hydrogen-bond donors (Lipinski definition) is 2. The molecule has 1 aromatic heterocycles. The van der Waals surface area contributed by atoms with Crippen molar-refractivity contribution in [2.24, 2.45) is 0 Å². The fourth-order valence-corrected chi connectivity index (χ4v) is 4.73. The molecule has 2 N–H and O–H groups in total. The molecule has 0 saturated carbocycles. The van der Waals surface area contributed by atoms with Gasteiger partial charge in [0.15, 0.2) is 12.1 Å². The Balaban J connectivity index is 1.41. The number of anilines is 1. The van der Waals surface area contributed by atoms with Gasteiger partial charge in [-0.2, -0.15) is 0 Å². The van der Waals surface area contributed by atoms with Crippen LogP contribution in [0.2, 0.25) is 5.02 Å². The van der Waals surface area contributed by atoms with E-state index in [0.29, 0.717) is 27.6 Å². The van der Waals surface area contributed by atoms with E-state index in [2.05, 4.69) is 10.6 Å². The molecule has 1 saturated heterocycles. The largest absolute Gasteiger partial charge is 0.467 e. The predicted molar refractivity (Wildman–Crippen MR) is 146 cm³/mol. The Kier molecular flexibility index (Phi) is 7.65. The summed E-state index contributed by atoms with van der Waals surface area (Å²) >= 11 is 6.15. The number of carbonyl (C=O) groups excluding carboxylic acids is 3. The zero-order chi connectivity index (χ0) is 27.4. The molecule has 3 amide bonds. The van der Waals surface area contributed by atoms with Crippen LogP contribution >= 0.6 is 11.6 Å². The summed E-state index contributed by atoms with van der Waals surface area (Å²) < 4.78 is 11.1. The van der Waals surface area contributed by atoms with Gasteiger partial charge in [0.1, 0.15) is 5.76 Å². The van der Waals surface area contributed by atoms with Gasteiger partial charge in [0.2, 0.25) is 5.91 Å². The lowest BCUT2D eigenvalue weighted by atomic mass is 10.00. The van der Waals surface area contributed by atoms with Gasteiger partial charge in [0.25, 0.3) is 5.91 Å². The highest BCUT2D eigenvalue weighted by Crippen LogP contribution is 2.35. The van der Waals surface area contributed by atoms with E-state index in [0.717, 1.165) is 11.1 Å². The Labute approximate surface area is 230 Å². The molecule has 8 nitrogen and oxygen atoms in total. The topological polar surface area (TPSA) is 101 Å². The third-order valence-corrected chi connectivity index (χ3v) is 6.60. The first-order valence-electron chi connectivity index (χ1n) is 12.4. The fourth-order valence-electron chi connectivity index (χ4n) is 4.52. The standard InChI is InChI=1S/C30H26ClN3O5/c1-19-6-2-9-22(14-19)28(35)33-24-11-4-8-21(16-24)27-26(29(36)32-17-25-12-5-13-38-25)34(30(37)39-27)18-20-7-3-10-23(31)15-20/h2-16,26-27H,17-18H2,1H3,(H,32,36)(H,33,35)/t26-,27+/m0/s1. The van der Waals surface area contributed by atoms with Crippen LogP contribution in [0.3, 0.4) is 0 Å². The van der Waals surface area contributed by atoms with E-state index < -0.39 is 24.1 Å². The van der Waals surface area contributed by atoms with Crippen molar-refractivity contribution in [1.82, 2.24) is 10.2 Å². The molecule has 0 aliphatic carbocycles. The van der Waals surface area contributed by atoms with Crippen molar-refractivity contribution in [3.05, 3.63) is 124 Å². The van der Waals surface area contributed by atoms with Crippen molar-refractivity contribution in [1.29, 1.82) is 0 Å². The highest BCUT2D eigenvalue weighted by molar-refractivity contribution is 6.30. The van der Waals surface area contributed by atoms with Gasteiger partial charge in [-0.1, -0.05) is 53.6 Å². The molecule has 1 fully saturated rings. The number of halogens is 1. The van der Waals surface area contributed by atoms with Crippen molar-refractivity contribution in [2.45, 2.75) is 32.2 Å². The van der Waals surface area contributed by atoms with Crippen molar-refractivity contribution in [2.75, 3.05) is 5.32 Å². The van der Waals surface area contributed by atoms with Crippen molar-refractivity contribution >= 4 is 35.2 Å². The molecule has 9 heteroatoms. The normalized spacial score (nSPS) is 16.6. The van der Waals surface area contributed by atoms with Crippen LogP contribution in [0.25, 0.3) is 0 Å². The maximum absolute atomic E-state index is 13.5. The molecule has 5 rings (SSSR count). The van der Waals surface area contributed by atoms with Crippen molar-refractivity contribution < 1.29 is 23.5 Å². The number of benzene rings is 3. The number of cyclic esters (lactones) is 1. The van der Waals surface area contributed by atoms with Crippen LogP contribution in [0.4, 0.5) is 10.5 Å². The summed E-state index contributed by atoms with van der Waals surface area (Å²) in [7, 11) is 0. The quantitative estimate of drug-likeness (QED) is 0.289. The molecule has 39 heavy (non-hydrogen) atoms. The lowest BCUT2D eigenvalue weighted by Crippen LogP contribution is -2.46. The molecule has 0 radical (unpaired) electrons. The molecule has 0 bridgehead atoms. The van der Waals surface area contributed by atoms with Gasteiger partial charge in [-0.15, -0.1) is 0 Å². The summed E-state index contributed by atoms with van der Waals surface area (Å²) in [4.78, 5) is 40.8. The molecule has 1 aliphatic rings. The van der Waals surface area contributed by atoms with Crippen LogP contribution < -0.4 is 10.6 Å². The van der Waals surface area contributed by atoms with E-state index in [-0.39, 0.29) is 19.0 Å². The van der Waals surface area contributed by atoms with E-state index in [9.17, 15) is 14.4 Å². The van der Waals surface area contributed by atoms with Gasteiger partial charge >= 0.3 is 6.09 Å².